The van der Waals surface area contributed by atoms with Crippen LogP contribution in [0.2, 0.25) is 0 Å². The van der Waals surface area contributed by atoms with Crippen molar-refractivity contribution in [3.63, 3.8) is 0 Å². The van der Waals surface area contributed by atoms with Crippen LogP contribution in [-0.2, 0) is 16.4 Å². The number of aromatic amines is 1. The molecule has 2 N–H and O–H groups in total. The Hall–Kier alpha value is -3.62. The van der Waals surface area contributed by atoms with Gasteiger partial charge in [0.15, 0.2) is 0 Å². The molecule has 2 aromatic carbocycles. The van der Waals surface area contributed by atoms with E-state index >= 15 is 0 Å². The van der Waals surface area contributed by atoms with Gasteiger partial charge in [0.2, 0.25) is 0 Å². The highest BCUT2D eigenvalue weighted by Crippen LogP contribution is 2.40. The number of H-pyrrole nitrogens is 1. The van der Waals surface area contributed by atoms with Crippen molar-refractivity contribution < 1.29 is 32.3 Å². The summed E-state index contributed by atoms with van der Waals surface area (Å²) >= 11 is 0. The summed E-state index contributed by atoms with van der Waals surface area (Å²) in [7, 11) is 0. The summed E-state index contributed by atoms with van der Waals surface area (Å²) in [5.41, 5.74) is -1.03. The molecule has 0 aliphatic carbocycles. The van der Waals surface area contributed by atoms with Gasteiger partial charge < -0.3 is 15.0 Å². The van der Waals surface area contributed by atoms with Crippen LogP contribution >= 0.6 is 0 Å². The fourth-order valence-electron chi connectivity index (χ4n) is 4.13. The second-order valence-corrected chi connectivity index (χ2v) is 8.28. The van der Waals surface area contributed by atoms with E-state index in [0.29, 0.717) is 17.3 Å². The second-order valence-electron chi connectivity index (χ2n) is 8.28. The number of rotatable bonds is 2. The van der Waals surface area contributed by atoms with Gasteiger partial charge in [0.1, 0.15) is 5.82 Å². The van der Waals surface area contributed by atoms with Gasteiger partial charge in [-0.05, 0) is 29.8 Å². The van der Waals surface area contributed by atoms with Gasteiger partial charge in [0.25, 0.3) is 5.91 Å². The maximum absolute atomic E-state index is 14.5. The number of carboxylic acid groups (broad SMARTS) is 1. The number of carbonyl (C=O) groups is 2. The third kappa shape index (κ3) is 3.53. The molecule has 0 saturated carbocycles. The molecule has 1 aliphatic heterocycles. The smallest absolute Gasteiger partial charge is 0.416 e. The Balaban J connectivity index is 1.84. The quantitative estimate of drug-likeness (QED) is 0.533. The molecule has 3 aromatic rings. The molecule has 4 rings (SSSR count). The third-order valence-corrected chi connectivity index (χ3v) is 5.52. The molecule has 0 unspecified atom stereocenters. The van der Waals surface area contributed by atoms with Crippen molar-refractivity contribution in [2.75, 3.05) is 6.54 Å². The van der Waals surface area contributed by atoms with Crippen LogP contribution in [0.3, 0.4) is 0 Å². The topological polar surface area (TPSA) is 73.4 Å². The van der Waals surface area contributed by atoms with Crippen molar-refractivity contribution in [3.8, 4) is 0 Å². The molecule has 0 bridgehead atoms. The van der Waals surface area contributed by atoms with Gasteiger partial charge in [0, 0.05) is 29.1 Å². The molecule has 0 fully saturated rings. The van der Waals surface area contributed by atoms with Gasteiger partial charge in [-0.15, -0.1) is 0 Å². The molecule has 1 aromatic heterocycles. The molecular formula is C23H18F4N2O3. The Bertz CT molecular complexity index is 1290. The number of aromatic nitrogens is 1. The Morgan fingerprint density at radius 3 is 2.44 bits per heavy atom. The molecule has 2 heterocycles. The second kappa shape index (κ2) is 7.22. The van der Waals surface area contributed by atoms with Crippen molar-refractivity contribution >= 4 is 28.4 Å². The van der Waals surface area contributed by atoms with E-state index in [1.54, 1.807) is 12.1 Å². The average molecular weight is 446 g/mol. The molecule has 1 aliphatic rings. The monoisotopic (exact) mass is 446 g/mol. The summed E-state index contributed by atoms with van der Waals surface area (Å²) in [4.78, 5) is 29.3. The molecule has 32 heavy (non-hydrogen) atoms. The zero-order valence-electron chi connectivity index (χ0n) is 17.0. The van der Waals surface area contributed by atoms with Crippen LogP contribution in [0.15, 0.2) is 48.7 Å². The summed E-state index contributed by atoms with van der Waals surface area (Å²) in [5, 5.41) is 10.6. The molecule has 166 valence electrons. The zero-order chi connectivity index (χ0) is 23.4. The van der Waals surface area contributed by atoms with E-state index in [0.717, 1.165) is 28.1 Å². The van der Waals surface area contributed by atoms with Crippen LogP contribution in [0.25, 0.3) is 16.5 Å². The first-order valence-electron chi connectivity index (χ1n) is 9.64. The minimum absolute atomic E-state index is 0.0159. The van der Waals surface area contributed by atoms with Crippen molar-refractivity contribution in [3.05, 3.63) is 76.9 Å². The Kier molecular flexibility index (Phi) is 4.87. The van der Waals surface area contributed by atoms with Crippen molar-refractivity contribution in [2.45, 2.75) is 25.4 Å². The number of carbonyl (C=O) groups excluding carboxylic acids is 1. The first kappa shape index (κ1) is 21.6. The number of amides is 1. The minimum atomic E-state index is -4.76. The molecule has 9 heteroatoms. The Morgan fingerprint density at radius 2 is 1.81 bits per heavy atom. The minimum Gasteiger partial charge on any atom is -0.478 e. The van der Waals surface area contributed by atoms with Gasteiger partial charge >= 0.3 is 12.1 Å². The lowest BCUT2D eigenvalue weighted by atomic mass is 9.81. The van der Waals surface area contributed by atoms with Crippen LogP contribution in [0, 0.1) is 5.82 Å². The van der Waals surface area contributed by atoms with Crippen LogP contribution in [-0.4, -0.2) is 33.4 Å². The summed E-state index contributed by atoms with van der Waals surface area (Å²) in [6, 6.07) is 8.89. The lowest BCUT2D eigenvalue weighted by Crippen LogP contribution is -2.37. The largest absolute Gasteiger partial charge is 0.478 e. The Labute approximate surface area is 180 Å². The fraction of sp³-hybridized carbons (Fsp3) is 0.217. The van der Waals surface area contributed by atoms with E-state index in [4.69, 9.17) is 0 Å². The number of aliphatic carboxylic acids is 1. The average Bonchev–Trinajstić information content (AvgIpc) is 3.04. The van der Waals surface area contributed by atoms with Crippen LogP contribution in [0.4, 0.5) is 17.6 Å². The molecule has 0 saturated heterocycles. The van der Waals surface area contributed by atoms with Crippen molar-refractivity contribution in [1.82, 2.24) is 9.88 Å². The number of carboxylic acids is 1. The van der Waals surface area contributed by atoms with E-state index < -0.39 is 40.4 Å². The van der Waals surface area contributed by atoms with Crippen LogP contribution < -0.4 is 0 Å². The van der Waals surface area contributed by atoms with Gasteiger partial charge in [-0.3, -0.25) is 4.79 Å². The maximum Gasteiger partial charge on any atom is 0.416 e. The third-order valence-electron chi connectivity index (χ3n) is 5.52. The molecular weight excluding hydrogens is 428 g/mol. The van der Waals surface area contributed by atoms with E-state index in [1.165, 1.54) is 0 Å². The lowest BCUT2D eigenvalue weighted by Gasteiger charge is -2.29. The zero-order valence-corrected chi connectivity index (χ0v) is 17.0. The summed E-state index contributed by atoms with van der Waals surface area (Å²) in [6.45, 7) is 3.61. The van der Waals surface area contributed by atoms with Crippen molar-refractivity contribution in [1.29, 1.82) is 0 Å². The first-order chi connectivity index (χ1) is 14.9. The maximum atomic E-state index is 14.5. The number of hydrogen-bond acceptors (Lipinski definition) is 2. The number of benzene rings is 2. The number of nitrogens with zero attached hydrogens (tertiary/aromatic N) is 1. The predicted octanol–water partition coefficient (Wildman–Crippen LogP) is 5.18. The fourth-order valence-corrected chi connectivity index (χ4v) is 4.13. The van der Waals surface area contributed by atoms with Gasteiger partial charge in [-0.25, -0.2) is 9.18 Å². The Morgan fingerprint density at radius 1 is 1.12 bits per heavy atom. The highest BCUT2D eigenvalue weighted by molar-refractivity contribution is 6.17. The first-order valence-corrected chi connectivity index (χ1v) is 9.64. The van der Waals surface area contributed by atoms with Crippen LogP contribution in [0.5, 0.6) is 0 Å². The molecule has 1 amide bonds. The number of hydrogen-bond donors (Lipinski definition) is 2. The van der Waals surface area contributed by atoms with E-state index in [2.05, 4.69) is 4.98 Å². The molecule has 0 atom stereocenters. The predicted molar refractivity (Wildman–Crippen MR) is 109 cm³/mol. The normalized spacial score (nSPS) is 15.8. The number of nitrogens with one attached hydrogen (secondary N) is 1. The summed E-state index contributed by atoms with van der Waals surface area (Å²) in [6.07, 6.45) is -3.65. The summed E-state index contributed by atoms with van der Waals surface area (Å²) in [5.74, 6) is -3.57. The molecule has 5 nitrogen and oxygen atoms in total. The van der Waals surface area contributed by atoms with E-state index in [9.17, 15) is 32.3 Å². The number of fused-ring (bicyclic) bond motifs is 3. The molecule has 0 radical (unpaired) electrons. The van der Waals surface area contributed by atoms with Gasteiger partial charge in [0.05, 0.1) is 22.4 Å². The van der Waals surface area contributed by atoms with E-state index in [1.807, 2.05) is 26.0 Å². The highest BCUT2D eigenvalue weighted by atomic mass is 19.4. The summed E-state index contributed by atoms with van der Waals surface area (Å²) < 4.78 is 53.0. The standard InChI is InChI=1S/C23H18F4N2O3/c1-22(2)11-29(20(30)13-8-7-12(9-16(13)24)23(25,26)27)10-15(21(31)32)19-18(22)14-5-3-4-6-17(14)28-19/h3-10,28H,11H2,1-2H3,(H,31,32). The van der Waals surface area contributed by atoms with Gasteiger partial charge in [-0.2, -0.15) is 13.2 Å². The highest BCUT2D eigenvalue weighted by Gasteiger charge is 2.38. The SMILES string of the molecule is CC1(C)CN(C(=O)c2ccc(C(F)(F)F)cc2F)C=C(C(=O)O)c2[nH]c3ccccc3c21. The molecule has 0 spiro atoms. The van der Waals surface area contributed by atoms with Gasteiger partial charge in [-0.1, -0.05) is 32.0 Å². The van der Waals surface area contributed by atoms with E-state index in [-0.39, 0.29) is 18.2 Å². The van der Waals surface area contributed by atoms with Crippen molar-refractivity contribution in [2.24, 2.45) is 0 Å². The number of halogens is 4. The number of alkyl halides is 3. The lowest BCUT2D eigenvalue weighted by molar-refractivity contribution is -0.137. The number of para-hydroxylation sites is 1. The van der Waals surface area contributed by atoms with Crippen LogP contribution in [0.1, 0.15) is 41.0 Å².